The van der Waals surface area contributed by atoms with Crippen molar-refractivity contribution in [3.8, 4) is 11.5 Å². The van der Waals surface area contributed by atoms with Gasteiger partial charge in [-0.3, -0.25) is 14.2 Å². The summed E-state index contributed by atoms with van der Waals surface area (Å²) in [5.74, 6) is 0.990. The Morgan fingerprint density at radius 3 is 2.72 bits per heavy atom. The fraction of sp³-hybridized carbons (Fsp3) is 0.292. The first-order valence-corrected chi connectivity index (χ1v) is 11.3. The van der Waals surface area contributed by atoms with E-state index in [0.717, 1.165) is 6.42 Å². The third kappa shape index (κ3) is 4.60. The normalized spacial score (nSPS) is 11.1. The number of ether oxygens (including phenoxy) is 2. The molecule has 7 nitrogen and oxygen atoms in total. The highest BCUT2D eigenvalue weighted by Gasteiger charge is 2.11. The van der Waals surface area contributed by atoms with E-state index in [0.29, 0.717) is 48.3 Å². The van der Waals surface area contributed by atoms with Gasteiger partial charge in [-0.05, 0) is 41.3 Å². The maximum atomic E-state index is 12.8. The van der Waals surface area contributed by atoms with Crippen LogP contribution in [0.4, 0.5) is 0 Å². The van der Waals surface area contributed by atoms with Crippen LogP contribution in [0.2, 0.25) is 0 Å². The van der Waals surface area contributed by atoms with Crippen molar-refractivity contribution in [2.75, 3.05) is 20.8 Å². The summed E-state index contributed by atoms with van der Waals surface area (Å²) in [4.78, 5) is 29.4. The fourth-order valence-corrected chi connectivity index (χ4v) is 4.70. The van der Waals surface area contributed by atoms with Crippen molar-refractivity contribution in [3.05, 3.63) is 64.0 Å². The van der Waals surface area contributed by atoms with Gasteiger partial charge in [0.2, 0.25) is 5.91 Å². The first-order valence-electron chi connectivity index (χ1n) is 10.4. The molecule has 0 atom stereocenters. The summed E-state index contributed by atoms with van der Waals surface area (Å²) < 4.78 is 13.3. The average Bonchev–Trinajstić information content (AvgIpc) is 3.23. The van der Waals surface area contributed by atoms with Gasteiger partial charge < -0.3 is 14.8 Å². The Morgan fingerprint density at radius 1 is 1.12 bits per heavy atom. The van der Waals surface area contributed by atoms with E-state index in [1.807, 2.05) is 12.1 Å². The highest BCUT2D eigenvalue weighted by molar-refractivity contribution is 7.17. The maximum absolute atomic E-state index is 12.8. The molecule has 0 saturated carbocycles. The van der Waals surface area contributed by atoms with Gasteiger partial charge in [0.05, 0.1) is 31.4 Å². The molecular formula is C24H25N3O4S. The van der Waals surface area contributed by atoms with Crippen molar-refractivity contribution in [1.29, 1.82) is 0 Å². The third-order valence-electron chi connectivity index (χ3n) is 5.41. The summed E-state index contributed by atoms with van der Waals surface area (Å²) in [5.41, 5.74) is 1.63. The van der Waals surface area contributed by atoms with Crippen molar-refractivity contribution >= 4 is 38.2 Å². The number of thiophene rings is 1. The maximum Gasteiger partial charge on any atom is 0.261 e. The number of aromatic nitrogens is 2. The Bertz CT molecular complexity index is 1310. The van der Waals surface area contributed by atoms with Crippen LogP contribution >= 0.6 is 11.3 Å². The van der Waals surface area contributed by atoms with Gasteiger partial charge in [0.1, 0.15) is 0 Å². The minimum absolute atomic E-state index is 0.0160. The van der Waals surface area contributed by atoms with Gasteiger partial charge in [0, 0.05) is 30.3 Å². The molecule has 0 fully saturated rings. The summed E-state index contributed by atoms with van der Waals surface area (Å²) in [6, 6.07) is 11.6. The Hall–Kier alpha value is -3.39. The second-order valence-electron chi connectivity index (χ2n) is 7.43. The van der Waals surface area contributed by atoms with Crippen LogP contribution in [0.3, 0.4) is 0 Å². The van der Waals surface area contributed by atoms with Crippen molar-refractivity contribution in [2.45, 2.75) is 25.8 Å². The van der Waals surface area contributed by atoms with Crippen LogP contribution in [0.25, 0.3) is 21.0 Å². The molecule has 1 amide bonds. The van der Waals surface area contributed by atoms with E-state index >= 15 is 0 Å². The molecule has 0 bridgehead atoms. The molecule has 1 N–H and O–H groups in total. The Morgan fingerprint density at radius 2 is 1.91 bits per heavy atom. The summed E-state index contributed by atoms with van der Waals surface area (Å²) in [7, 11) is 3.07. The predicted octanol–water partition coefficient (Wildman–Crippen LogP) is 3.77. The van der Waals surface area contributed by atoms with Crippen molar-refractivity contribution < 1.29 is 14.3 Å². The zero-order valence-electron chi connectivity index (χ0n) is 18.1. The molecule has 2 aromatic carbocycles. The third-order valence-corrected chi connectivity index (χ3v) is 6.42. The van der Waals surface area contributed by atoms with Gasteiger partial charge >= 0.3 is 0 Å². The van der Waals surface area contributed by atoms with Gasteiger partial charge in [0.15, 0.2) is 11.5 Å². The molecule has 4 aromatic rings. The second-order valence-corrected chi connectivity index (χ2v) is 8.34. The minimum atomic E-state index is -0.166. The summed E-state index contributed by atoms with van der Waals surface area (Å²) in [6.07, 6.45) is 3.21. The van der Waals surface area contributed by atoms with Gasteiger partial charge in [0.25, 0.3) is 5.56 Å². The minimum Gasteiger partial charge on any atom is -0.493 e. The molecule has 0 aliphatic rings. The molecular weight excluding hydrogens is 426 g/mol. The van der Waals surface area contributed by atoms with Crippen LogP contribution in [-0.2, 0) is 17.8 Å². The number of benzene rings is 2. The van der Waals surface area contributed by atoms with Crippen molar-refractivity contribution in [3.63, 3.8) is 0 Å². The lowest BCUT2D eigenvalue weighted by Gasteiger charge is -2.10. The Balaban J connectivity index is 1.31. The van der Waals surface area contributed by atoms with E-state index in [4.69, 9.17) is 9.47 Å². The SMILES string of the molecule is COc1cc2ncn(CCCC(=O)NCCc3csc4ccccc34)c(=O)c2cc1OC. The van der Waals surface area contributed by atoms with Gasteiger partial charge in [-0.2, -0.15) is 0 Å². The van der Waals surface area contributed by atoms with Gasteiger partial charge in [-0.1, -0.05) is 18.2 Å². The molecule has 166 valence electrons. The molecule has 4 rings (SSSR count). The summed E-state index contributed by atoms with van der Waals surface area (Å²) in [6.45, 7) is 1.01. The Kier molecular flexibility index (Phi) is 6.70. The summed E-state index contributed by atoms with van der Waals surface area (Å²) in [5, 5.41) is 6.84. The zero-order valence-corrected chi connectivity index (χ0v) is 18.9. The lowest BCUT2D eigenvalue weighted by molar-refractivity contribution is -0.121. The molecule has 8 heteroatoms. The van der Waals surface area contributed by atoms with Crippen LogP contribution in [0.15, 0.2) is 52.9 Å². The fourth-order valence-electron chi connectivity index (χ4n) is 3.71. The molecule has 0 aliphatic carbocycles. The molecule has 0 radical (unpaired) electrons. The number of hydrogen-bond donors (Lipinski definition) is 1. The van der Waals surface area contributed by atoms with E-state index in [-0.39, 0.29) is 11.5 Å². The van der Waals surface area contributed by atoms with E-state index in [1.165, 1.54) is 33.7 Å². The number of methoxy groups -OCH3 is 2. The highest BCUT2D eigenvalue weighted by Crippen LogP contribution is 2.30. The Labute approximate surface area is 189 Å². The smallest absolute Gasteiger partial charge is 0.261 e. The number of nitrogens with zero attached hydrogens (tertiary/aromatic N) is 2. The largest absolute Gasteiger partial charge is 0.493 e. The molecule has 2 aromatic heterocycles. The van der Waals surface area contributed by atoms with Crippen molar-refractivity contribution in [2.24, 2.45) is 0 Å². The van der Waals surface area contributed by atoms with E-state index in [2.05, 4.69) is 27.8 Å². The molecule has 0 saturated heterocycles. The number of aryl methyl sites for hydroxylation is 1. The van der Waals surface area contributed by atoms with Crippen LogP contribution in [0, 0.1) is 0 Å². The number of fused-ring (bicyclic) bond motifs is 2. The van der Waals surface area contributed by atoms with Crippen molar-refractivity contribution in [1.82, 2.24) is 14.9 Å². The predicted molar refractivity (Wildman–Crippen MR) is 127 cm³/mol. The molecule has 2 heterocycles. The number of rotatable bonds is 9. The lowest BCUT2D eigenvalue weighted by Crippen LogP contribution is -2.26. The second kappa shape index (κ2) is 9.82. The lowest BCUT2D eigenvalue weighted by atomic mass is 10.1. The number of carbonyl (C=O) groups is 1. The molecule has 0 unspecified atom stereocenters. The van der Waals surface area contributed by atoms with Crippen LogP contribution in [-0.4, -0.2) is 36.2 Å². The molecule has 32 heavy (non-hydrogen) atoms. The van der Waals surface area contributed by atoms with Gasteiger partial charge in [-0.15, -0.1) is 11.3 Å². The van der Waals surface area contributed by atoms with Gasteiger partial charge in [-0.25, -0.2) is 4.98 Å². The topological polar surface area (TPSA) is 82.5 Å². The molecule has 0 aliphatic heterocycles. The summed E-state index contributed by atoms with van der Waals surface area (Å²) >= 11 is 1.72. The van der Waals surface area contributed by atoms with E-state index in [9.17, 15) is 9.59 Å². The van der Waals surface area contributed by atoms with Crippen LogP contribution in [0.5, 0.6) is 11.5 Å². The first kappa shape index (κ1) is 21.8. The highest BCUT2D eigenvalue weighted by atomic mass is 32.1. The standard InChI is InChI=1S/C24H25N3O4S/c1-30-20-12-18-19(13-21(20)31-2)26-15-27(24(18)29)11-5-8-23(28)25-10-9-16-14-32-22-7-4-3-6-17(16)22/h3-4,6-7,12-15H,5,8-11H2,1-2H3,(H,25,28). The van der Waals surface area contributed by atoms with E-state index < -0.39 is 0 Å². The van der Waals surface area contributed by atoms with Crippen LogP contribution in [0.1, 0.15) is 18.4 Å². The average molecular weight is 452 g/mol. The number of hydrogen-bond acceptors (Lipinski definition) is 6. The van der Waals surface area contributed by atoms with Crippen LogP contribution < -0.4 is 20.3 Å². The quantitative estimate of drug-likeness (QED) is 0.419. The van der Waals surface area contributed by atoms with E-state index in [1.54, 1.807) is 30.6 Å². The first-order chi connectivity index (χ1) is 15.6. The monoisotopic (exact) mass is 451 g/mol. The number of carbonyl (C=O) groups excluding carboxylic acids is 1. The zero-order chi connectivity index (χ0) is 22.5. The molecule has 0 spiro atoms. The number of nitrogens with one attached hydrogen (secondary N) is 1. The number of amides is 1.